The van der Waals surface area contributed by atoms with Crippen LogP contribution in [0, 0.1) is 5.82 Å². The first-order chi connectivity index (χ1) is 12.6. The van der Waals surface area contributed by atoms with Crippen LogP contribution in [-0.4, -0.2) is 18.0 Å². The van der Waals surface area contributed by atoms with E-state index in [1.165, 1.54) is 18.1 Å². The molecule has 1 aliphatic rings. The lowest BCUT2D eigenvalue weighted by Gasteiger charge is -2.15. The summed E-state index contributed by atoms with van der Waals surface area (Å²) in [4.78, 5) is 11.4. The first kappa shape index (κ1) is 18.6. The van der Waals surface area contributed by atoms with E-state index in [9.17, 15) is 9.18 Å². The average Bonchev–Trinajstić information content (AvgIpc) is 3.08. The summed E-state index contributed by atoms with van der Waals surface area (Å²) in [7, 11) is 0. The van der Waals surface area contributed by atoms with Crippen molar-refractivity contribution in [1.29, 1.82) is 0 Å². The number of nitrogens with one attached hydrogen (secondary N) is 2. The molecule has 2 aromatic carbocycles. The van der Waals surface area contributed by atoms with Gasteiger partial charge in [-0.1, -0.05) is 31.2 Å². The Balaban J connectivity index is 1.43. The first-order valence-corrected chi connectivity index (χ1v) is 9.51. The molecule has 0 saturated carbocycles. The highest BCUT2D eigenvalue weighted by molar-refractivity contribution is 5.90. The van der Waals surface area contributed by atoms with Crippen molar-refractivity contribution in [3.05, 3.63) is 65.5 Å². The Bertz CT molecular complexity index is 729. The number of rotatable bonds is 7. The van der Waals surface area contributed by atoms with Gasteiger partial charge >= 0.3 is 0 Å². The highest BCUT2D eigenvalue weighted by Gasteiger charge is 2.23. The minimum atomic E-state index is -0.157. The van der Waals surface area contributed by atoms with Crippen LogP contribution in [-0.2, 0) is 17.6 Å². The lowest BCUT2D eigenvalue weighted by Crippen LogP contribution is -2.31. The quantitative estimate of drug-likeness (QED) is 0.770. The maximum Gasteiger partial charge on any atom is 0.224 e. The zero-order valence-corrected chi connectivity index (χ0v) is 15.3. The second-order valence-corrected chi connectivity index (χ2v) is 7.11. The number of amides is 1. The summed E-state index contributed by atoms with van der Waals surface area (Å²) < 4.78 is 13.3. The van der Waals surface area contributed by atoms with Crippen molar-refractivity contribution in [3.63, 3.8) is 0 Å². The number of aryl methyl sites for hydroxylation is 1. The zero-order valence-electron chi connectivity index (χ0n) is 15.3. The van der Waals surface area contributed by atoms with E-state index in [1.807, 2.05) is 25.1 Å². The van der Waals surface area contributed by atoms with Gasteiger partial charge in [-0.2, -0.15) is 0 Å². The second kappa shape index (κ2) is 8.95. The summed E-state index contributed by atoms with van der Waals surface area (Å²) in [6, 6.07) is 16.0. The van der Waals surface area contributed by atoms with Crippen molar-refractivity contribution in [2.75, 3.05) is 5.32 Å². The highest BCUT2D eigenvalue weighted by Crippen LogP contribution is 2.21. The van der Waals surface area contributed by atoms with Gasteiger partial charge in [0, 0.05) is 24.2 Å². The minimum Gasteiger partial charge on any atom is -0.326 e. The van der Waals surface area contributed by atoms with Gasteiger partial charge in [0.1, 0.15) is 5.82 Å². The molecule has 0 aromatic heterocycles. The average molecular weight is 354 g/mol. The molecule has 2 aromatic rings. The van der Waals surface area contributed by atoms with Gasteiger partial charge in [-0.15, -0.1) is 0 Å². The van der Waals surface area contributed by atoms with Crippen LogP contribution in [0.2, 0.25) is 0 Å². The van der Waals surface area contributed by atoms with Crippen LogP contribution < -0.4 is 10.6 Å². The second-order valence-electron chi connectivity index (χ2n) is 7.11. The summed E-state index contributed by atoms with van der Waals surface area (Å²) in [5, 5.41) is 6.57. The summed E-state index contributed by atoms with van der Waals surface area (Å²) in [6.07, 6.45) is 5.81. The molecule has 2 N–H and O–H groups in total. The Morgan fingerprint density at radius 2 is 1.88 bits per heavy atom. The van der Waals surface area contributed by atoms with Gasteiger partial charge in [-0.25, -0.2) is 4.39 Å². The van der Waals surface area contributed by atoms with Crippen LogP contribution in [0.25, 0.3) is 0 Å². The Kier molecular flexibility index (Phi) is 6.40. The molecule has 1 amide bonds. The van der Waals surface area contributed by atoms with Gasteiger partial charge in [0.25, 0.3) is 0 Å². The fourth-order valence-electron chi connectivity index (χ4n) is 3.58. The predicted molar refractivity (Wildman–Crippen MR) is 104 cm³/mol. The minimum absolute atomic E-state index is 0.0391. The van der Waals surface area contributed by atoms with E-state index in [0.717, 1.165) is 36.9 Å². The third-order valence-corrected chi connectivity index (χ3v) is 5.05. The van der Waals surface area contributed by atoms with Gasteiger partial charge in [-0.05, 0) is 67.5 Å². The molecule has 4 heteroatoms. The molecule has 138 valence electrons. The number of carbonyl (C=O) groups is 1. The van der Waals surface area contributed by atoms with Gasteiger partial charge in [0.15, 0.2) is 0 Å². The highest BCUT2D eigenvalue weighted by atomic mass is 19.1. The van der Waals surface area contributed by atoms with E-state index < -0.39 is 0 Å². The number of anilines is 1. The SMILES string of the molecule is CCC(=O)Nc1ccc(CCC2CCC(Cc3cccc(F)c3)N2)cc1. The van der Waals surface area contributed by atoms with Gasteiger partial charge in [-0.3, -0.25) is 4.79 Å². The van der Waals surface area contributed by atoms with Gasteiger partial charge < -0.3 is 10.6 Å². The topological polar surface area (TPSA) is 41.1 Å². The Morgan fingerprint density at radius 3 is 2.62 bits per heavy atom. The Labute approximate surface area is 155 Å². The maximum absolute atomic E-state index is 13.3. The van der Waals surface area contributed by atoms with E-state index in [0.29, 0.717) is 18.5 Å². The van der Waals surface area contributed by atoms with Crippen LogP contribution >= 0.6 is 0 Å². The molecule has 1 fully saturated rings. The van der Waals surface area contributed by atoms with Gasteiger partial charge in [0.05, 0.1) is 0 Å². The molecule has 26 heavy (non-hydrogen) atoms. The molecule has 3 rings (SSSR count). The summed E-state index contributed by atoms with van der Waals surface area (Å²) in [6.45, 7) is 1.85. The van der Waals surface area contributed by atoms with Crippen LogP contribution in [0.15, 0.2) is 48.5 Å². The van der Waals surface area contributed by atoms with Crippen molar-refractivity contribution in [2.45, 2.75) is 57.5 Å². The summed E-state index contributed by atoms with van der Waals surface area (Å²) in [5.74, 6) is -0.118. The fourth-order valence-corrected chi connectivity index (χ4v) is 3.58. The fraction of sp³-hybridized carbons (Fsp3) is 0.409. The molecule has 0 spiro atoms. The third kappa shape index (κ3) is 5.40. The van der Waals surface area contributed by atoms with Gasteiger partial charge in [0.2, 0.25) is 5.91 Å². The molecule has 1 heterocycles. The monoisotopic (exact) mass is 354 g/mol. The van der Waals surface area contributed by atoms with Crippen molar-refractivity contribution in [2.24, 2.45) is 0 Å². The van der Waals surface area contributed by atoms with E-state index in [-0.39, 0.29) is 11.7 Å². The largest absolute Gasteiger partial charge is 0.326 e. The van der Waals surface area contributed by atoms with E-state index in [1.54, 1.807) is 12.1 Å². The molecule has 0 aliphatic carbocycles. The van der Waals surface area contributed by atoms with Crippen molar-refractivity contribution in [1.82, 2.24) is 5.32 Å². The molecule has 2 atom stereocenters. The molecule has 0 bridgehead atoms. The van der Waals surface area contributed by atoms with Crippen LogP contribution in [0.5, 0.6) is 0 Å². The zero-order chi connectivity index (χ0) is 18.4. The van der Waals surface area contributed by atoms with Crippen LogP contribution in [0.3, 0.4) is 0 Å². The lowest BCUT2D eigenvalue weighted by molar-refractivity contribution is -0.115. The first-order valence-electron chi connectivity index (χ1n) is 9.51. The maximum atomic E-state index is 13.3. The number of hydrogen-bond acceptors (Lipinski definition) is 2. The van der Waals surface area contributed by atoms with Crippen LogP contribution in [0.1, 0.15) is 43.7 Å². The van der Waals surface area contributed by atoms with E-state index in [4.69, 9.17) is 0 Å². The molecule has 0 radical (unpaired) electrons. The normalized spacial score (nSPS) is 19.5. The Hall–Kier alpha value is -2.20. The standard InChI is InChI=1S/C22H27FN2O/c1-2-22(26)25-20-10-7-16(8-11-20)6-9-19-12-13-21(24-19)15-17-4-3-5-18(23)14-17/h3-5,7-8,10-11,14,19,21,24H,2,6,9,12-13,15H2,1H3,(H,25,26). The number of benzene rings is 2. The van der Waals surface area contributed by atoms with Crippen molar-refractivity contribution >= 4 is 11.6 Å². The lowest BCUT2D eigenvalue weighted by atomic mass is 10.0. The number of halogens is 1. The van der Waals surface area contributed by atoms with Crippen molar-refractivity contribution < 1.29 is 9.18 Å². The third-order valence-electron chi connectivity index (χ3n) is 5.05. The molecule has 3 nitrogen and oxygen atoms in total. The Morgan fingerprint density at radius 1 is 1.12 bits per heavy atom. The number of hydrogen-bond donors (Lipinski definition) is 2. The van der Waals surface area contributed by atoms with Crippen LogP contribution in [0.4, 0.5) is 10.1 Å². The van der Waals surface area contributed by atoms with Crippen molar-refractivity contribution in [3.8, 4) is 0 Å². The molecular formula is C22H27FN2O. The molecule has 2 unspecified atom stereocenters. The summed E-state index contributed by atoms with van der Waals surface area (Å²) >= 11 is 0. The molecular weight excluding hydrogens is 327 g/mol. The molecule has 1 aliphatic heterocycles. The summed E-state index contributed by atoms with van der Waals surface area (Å²) in [5.41, 5.74) is 3.21. The van der Waals surface area contributed by atoms with E-state index in [2.05, 4.69) is 22.8 Å². The predicted octanol–water partition coefficient (Wildman–Crippen LogP) is 4.47. The smallest absolute Gasteiger partial charge is 0.224 e. The van der Waals surface area contributed by atoms with E-state index >= 15 is 0 Å². The number of carbonyl (C=O) groups excluding carboxylic acids is 1. The molecule has 1 saturated heterocycles.